The number of allylic oxidation sites excluding steroid dienone is 1. The zero-order valence-corrected chi connectivity index (χ0v) is 19.4. The zero-order chi connectivity index (χ0) is 24.7. The number of methoxy groups -OCH3 is 1. The van der Waals surface area contributed by atoms with Crippen molar-refractivity contribution >= 4 is 17.7 Å². The molecule has 0 unspecified atom stereocenters. The fourth-order valence-electron chi connectivity index (χ4n) is 4.81. The van der Waals surface area contributed by atoms with E-state index in [9.17, 15) is 18.0 Å². The summed E-state index contributed by atoms with van der Waals surface area (Å²) in [4.78, 5) is 19.4. The van der Waals surface area contributed by atoms with Gasteiger partial charge in [0.2, 0.25) is 0 Å². The predicted molar refractivity (Wildman–Crippen MR) is 126 cm³/mol. The molecule has 1 amide bonds. The van der Waals surface area contributed by atoms with Crippen LogP contribution in [0.5, 0.6) is 5.75 Å². The summed E-state index contributed by atoms with van der Waals surface area (Å²) in [5.41, 5.74) is 3.66. The quantitative estimate of drug-likeness (QED) is 0.350. The Hall–Kier alpha value is -3.81. The van der Waals surface area contributed by atoms with Crippen LogP contribution in [-0.2, 0) is 4.79 Å². The average molecular weight is 480 g/mol. The van der Waals surface area contributed by atoms with E-state index in [1.807, 2.05) is 42.0 Å². The zero-order valence-electron chi connectivity index (χ0n) is 19.4. The van der Waals surface area contributed by atoms with Crippen LogP contribution in [0.2, 0.25) is 0 Å². The maximum Gasteiger partial charge on any atom is 0.254 e. The van der Waals surface area contributed by atoms with Gasteiger partial charge in [-0.25, -0.2) is 18.2 Å². The minimum atomic E-state index is -1.52. The Morgan fingerprint density at radius 3 is 2.57 bits per heavy atom. The van der Waals surface area contributed by atoms with E-state index in [1.165, 1.54) is 0 Å². The van der Waals surface area contributed by atoms with E-state index >= 15 is 0 Å². The largest absolute Gasteiger partial charge is 0.495 e. The maximum atomic E-state index is 13.9. The summed E-state index contributed by atoms with van der Waals surface area (Å²) in [6.45, 7) is 1.90. The van der Waals surface area contributed by atoms with Crippen molar-refractivity contribution in [2.24, 2.45) is 0 Å². The van der Waals surface area contributed by atoms with Crippen molar-refractivity contribution in [1.29, 1.82) is 0 Å². The first kappa shape index (κ1) is 23.0. The number of aryl methyl sites for hydroxylation is 1. The number of ether oxygens (including phenoxy) is 1. The van der Waals surface area contributed by atoms with Gasteiger partial charge >= 0.3 is 0 Å². The van der Waals surface area contributed by atoms with E-state index in [4.69, 9.17) is 4.74 Å². The Morgan fingerprint density at radius 2 is 1.89 bits per heavy atom. The molecule has 5 rings (SSSR count). The van der Waals surface area contributed by atoms with Gasteiger partial charge in [0.1, 0.15) is 5.75 Å². The predicted octanol–water partition coefficient (Wildman–Crippen LogP) is 5.82. The second kappa shape index (κ2) is 9.09. The summed E-state index contributed by atoms with van der Waals surface area (Å²) in [6, 6.07) is 7.47. The number of rotatable bonds is 4. The van der Waals surface area contributed by atoms with E-state index in [2.05, 4.69) is 4.98 Å². The van der Waals surface area contributed by atoms with Gasteiger partial charge in [0.05, 0.1) is 24.8 Å². The van der Waals surface area contributed by atoms with Crippen molar-refractivity contribution < 1.29 is 22.7 Å². The van der Waals surface area contributed by atoms with Crippen LogP contribution < -0.4 is 4.74 Å². The molecule has 0 radical (unpaired) electrons. The van der Waals surface area contributed by atoms with E-state index < -0.39 is 17.5 Å². The van der Waals surface area contributed by atoms with E-state index in [-0.39, 0.29) is 17.5 Å². The van der Waals surface area contributed by atoms with Crippen molar-refractivity contribution in [2.45, 2.75) is 38.6 Å². The fourth-order valence-corrected chi connectivity index (χ4v) is 4.81. The summed E-state index contributed by atoms with van der Waals surface area (Å²) < 4.78 is 48.8. The highest BCUT2D eigenvalue weighted by molar-refractivity contribution is 6.03. The van der Waals surface area contributed by atoms with Crippen LogP contribution in [0.15, 0.2) is 54.5 Å². The molecular weight excluding hydrogens is 455 g/mol. The van der Waals surface area contributed by atoms with Crippen LogP contribution in [0, 0.1) is 24.4 Å². The number of hydrogen-bond donors (Lipinski definition) is 0. The number of nitrogens with zero attached hydrogens (tertiary/aromatic N) is 3. The number of fused-ring (bicyclic) bond motifs is 1. The van der Waals surface area contributed by atoms with Crippen molar-refractivity contribution in [3.05, 3.63) is 88.8 Å². The molecule has 0 saturated carbocycles. The molecule has 2 aliphatic rings. The number of amides is 1. The molecular formula is C27H24F3N3O2. The van der Waals surface area contributed by atoms with Gasteiger partial charge in [0.25, 0.3) is 5.91 Å². The number of carbonyl (C=O) groups excluding carboxylic acids is 1. The molecule has 35 heavy (non-hydrogen) atoms. The number of imidazole rings is 1. The van der Waals surface area contributed by atoms with Crippen LogP contribution in [0.4, 0.5) is 13.2 Å². The lowest BCUT2D eigenvalue weighted by atomic mass is 9.88. The second-order valence-electron chi connectivity index (χ2n) is 8.81. The molecule has 0 spiro atoms. The Bertz CT molecular complexity index is 1350. The van der Waals surface area contributed by atoms with Gasteiger partial charge in [0.15, 0.2) is 17.5 Å². The smallest absolute Gasteiger partial charge is 0.254 e. The molecule has 2 aromatic carbocycles. The van der Waals surface area contributed by atoms with Crippen LogP contribution in [0.25, 0.3) is 17.5 Å². The lowest BCUT2D eigenvalue weighted by Crippen LogP contribution is -2.45. The molecule has 1 saturated heterocycles. The van der Waals surface area contributed by atoms with Crippen LogP contribution in [0.3, 0.4) is 0 Å². The van der Waals surface area contributed by atoms with Gasteiger partial charge < -0.3 is 14.2 Å². The van der Waals surface area contributed by atoms with Gasteiger partial charge in [-0.15, -0.1) is 0 Å². The maximum absolute atomic E-state index is 13.9. The third kappa shape index (κ3) is 4.24. The van der Waals surface area contributed by atoms with Gasteiger partial charge in [-0.3, -0.25) is 4.79 Å². The lowest BCUT2D eigenvalue weighted by Gasteiger charge is -2.41. The van der Waals surface area contributed by atoms with Crippen molar-refractivity contribution in [2.75, 3.05) is 7.11 Å². The Kier molecular flexibility index (Phi) is 5.96. The van der Waals surface area contributed by atoms with Crippen molar-refractivity contribution in [3.63, 3.8) is 0 Å². The van der Waals surface area contributed by atoms with Gasteiger partial charge in [-0.1, -0.05) is 12.1 Å². The lowest BCUT2D eigenvalue weighted by molar-refractivity contribution is -0.127. The molecule has 1 fully saturated rings. The van der Waals surface area contributed by atoms with Crippen molar-refractivity contribution in [1.82, 2.24) is 14.5 Å². The summed E-state index contributed by atoms with van der Waals surface area (Å²) in [5, 5.41) is 0. The molecule has 3 heterocycles. The van der Waals surface area contributed by atoms with E-state index in [0.29, 0.717) is 29.9 Å². The first-order valence-electron chi connectivity index (χ1n) is 11.4. The van der Waals surface area contributed by atoms with Crippen LogP contribution in [-0.4, -0.2) is 33.5 Å². The third-order valence-electron chi connectivity index (χ3n) is 6.52. The molecule has 180 valence electrons. The molecule has 0 aliphatic carbocycles. The van der Waals surface area contributed by atoms with E-state index in [0.717, 1.165) is 41.9 Å². The molecule has 5 nitrogen and oxygen atoms in total. The first-order valence-corrected chi connectivity index (χ1v) is 11.4. The minimum Gasteiger partial charge on any atom is -0.495 e. The van der Waals surface area contributed by atoms with E-state index in [1.54, 1.807) is 24.4 Å². The summed E-state index contributed by atoms with van der Waals surface area (Å²) in [7, 11) is 1.58. The molecule has 1 aromatic heterocycles. The number of halogens is 3. The monoisotopic (exact) mass is 479 g/mol. The number of carbonyl (C=O) groups is 1. The summed E-state index contributed by atoms with van der Waals surface area (Å²) in [5.74, 6) is -3.65. The molecule has 3 aromatic rings. The Labute approximate surface area is 201 Å². The Morgan fingerprint density at radius 1 is 1.11 bits per heavy atom. The summed E-state index contributed by atoms with van der Waals surface area (Å²) >= 11 is 0. The standard InChI is InChI=1S/C27H24F3N3O2/c1-16-14-32(15-31-16)24-9-6-17(11-25(24)35-2)10-18-7-8-20-4-3-5-23(33(20)27(18)34)19-12-21(28)26(30)22(29)13-19/h5-6,9-15,20H,3-4,7-8H2,1-2H3/b18-10+/t20-/m1/s1. The van der Waals surface area contributed by atoms with Gasteiger partial charge in [0, 0.05) is 29.1 Å². The van der Waals surface area contributed by atoms with Crippen molar-refractivity contribution in [3.8, 4) is 11.4 Å². The highest BCUT2D eigenvalue weighted by Crippen LogP contribution is 2.38. The fraction of sp³-hybridized carbons (Fsp3) is 0.259. The highest BCUT2D eigenvalue weighted by atomic mass is 19.2. The molecule has 1 atom stereocenters. The molecule has 0 N–H and O–H groups in total. The van der Waals surface area contributed by atoms with Crippen LogP contribution in [0.1, 0.15) is 42.5 Å². The number of benzene rings is 2. The van der Waals surface area contributed by atoms with Gasteiger partial charge in [-0.05, 0) is 68.5 Å². The number of aromatic nitrogens is 2. The highest BCUT2D eigenvalue weighted by Gasteiger charge is 2.36. The molecule has 0 bridgehead atoms. The molecule has 8 heteroatoms. The number of hydrogen-bond acceptors (Lipinski definition) is 3. The third-order valence-corrected chi connectivity index (χ3v) is 6.52. The van der Waals surface area contributed by atoms with Crippen LogP contribution >= 0.6 is 0 Å². The molecule has 2 aliphatic heterocycles. The minimum absolute atomic E-state index is 0.0720. The second-order valence-corrected chi connectivity index (χ2v) is 8.81. The van der Waals surface area contributed by atoms with Gasteiger partial charge in [-0.2, -0.15) is 0 Å². The normalized spacial score (nSPS) is 19.1. The average Bonchev–Trinajstić information content (AvgIpc) is 3.29. The number of piperidine rings is 1. The topological polar surface area (TPSA) is 47.4 Å². The SMILES string of the molecule is COc1cc(/C=C2\CC[C@H]3CCC=C(c4cc(F)c(F)c(F)c4)N3C2=O)ccc1-n1cnc(C)c1. The first-order chi connectivity index (χ1) is 16.9. The summed E-state index contributed by atoms with van der Waals surface area (Å²) in [6.07, 6.45) is 9.97. The Balaban J connectivity index is 1.48.